The van der Waals surface area contributed by atoms with Gasteiger partial charge in [0.2, 0.25) is 0 Å². The Hall–Kier alpha value is -1.59. The van der Waals surface area contributed by atoms with Crippen molar-refractivity contribution in [2.24, 2.45) is 0 Å². The minimum absolute atomic E-state index is 0.0570. The van der Waals surface area contributed by atoms with Gasteiger partial charge >= 0.3 is 0 Å². The fourth-order valence-electron chi connectivity index (χ4n) is 1.80. The van der Waals surface area contributed by atoms with Crippen LogP contribution in [0.5, 0.6) is 0 Å². The minimum Gasteiger partial charge on any atom is -0.383 e. The number of nitrogen functional groups attached to an aromatic ring is 1. The molecule has 7 heteroatoms. The van der Waals surface area contributed by atoms with E-state index in [-0.39, 0.29) is 10.0 Å². The van der Waals surface area contributed by atoms with Crippen molar-refractivity contribution >= 4 is 40.5 Å². The van der Waals surface area contributed by atoms with Crippen molar-refractivity contribution in [1.29, 1.82) is 0 Å². The summed E-state index contributed by atoms with van der Waals surface area (Å²) in [5, 5.41) is 2.94. The van der Waals surface area contributed by atoms with E-state index in [1.54, 1.807) is 6.92 Å². The Bertz CT molecular complexity index is 653. The maximum Gasteiger partial charge on any atom is 0.160 e. The molecule has 0 aliphatic carbocycles. The molecule has 2 aromatic rings. The number of nitrogens with zero attached hydrogens (tertiary/aromatic N) is 2. The Morgan fingerprint density at radius 1 is 1.24 bits per heavy atom. The van der Waals surface area contributed by atoms with Gasteiger partial charge in [0, 0.05) is 17.7 Å². The normalized spacial score (nSPS) is 10.7. The van der Waals surface area contributed by atoms with E-state index in [1.165, 1.54) is 12.1 Å². The number of aryl methyl sites for hydroxylation is 1. The maximum atomic E-state index is 13.4. The van der Waals surface area contributed by atoms with Gasteiger partial charge in [0.25, 0.3) is 0 Å². The van der Waals surface area contributed by atoms with Crippen LogP contribution >= 0.6 is 23.2 Å². The smallest absolute Gasteiger partial charge is 0.160 e. The highest BCUT2D eigenvalue weighted by Crippen LogP contribution is 2.30. The van der Waals surface area contributed by atoms with E-state index in [4.69, 9.17) is 28.9 Å². The molecule has 4 nitrogen and oxygen atoms in total. The summed E-state index contributed by atoms with van der Waals surface area (Å²) in [7, 11) is 0. The van der Waals surface area contributed by atoms with Crippen LogP contribution in [0.15, 0.2) is 12.1 Å². The molecule has 0 aliphatic heterocycles. The number of halogens is 3. The Kier molecular flexibility index (Phi) is 4.85. The van der Waals surface area contributed by atoms with Crippen LogP contribution < -0.4 is 11.1 Å². The van der Waals surface area contributed by atoms with Crippen molar-refractivity contribution in [1.82, 2.24) is 9.97 Å². The average molecular weight is 329 g/mol. The van der Waals surface area contributed by atoms with Crippen molar-refractivity contribution in [3.05, 3.63) is 39.4 Å². The molecule has 0 radical (unpaired) electrons. The molecule has 0 saturated heterocycles. The lowest BCUT2D eigenvalue weighted by Crippen LogP contribution is -2.07. The van der Waals surface area contributed by atoms with Crippen LogP contribution in [-0.4, -0.2) is 9.97 Å². The maximum absolute atomic E-state index is 13.4. The van der Waals surface area contributed by atoms with E-state index in [0.29, 0.717) is 28.7 Å². The number of rotatable bonds is 4. The first-order valence-electron chi connectivity index (χ1n) is 6.47. The van der Waals surface area contributed by atoms with Crippen molar-refractivity contribution < 1.29 is 4.39 Å². The van der Waals surface area contributed by atoms with Gasteiger partial charge in [0.1, 0.15) is 17.5 Å². The first-order valence-corrected chi connectivity index (χ1v) is 7.22. The summed E-state index contributed by atoms with van der Waals surface area (Å²) in [5.74, 6) is 0.983. The second kappa shape index (κ2) is 6.45. The standard InChI is InChI=1S/C14H15Cl2FN4/c1-3-4-11-20-13(18)7(2)14(21-11)19-8-5-9(15)12(17)10(16)6-8/h5-6H,3-4H2,1-2H3,(H3,18,19,20,21). The van der Waals surface area contributed by atoms with Gasteiger partial charge in [0.15, 0.2) is 5.82 Å². The number of aromatic nitrogens is 2. The van der Waals surface area contributed by atoms with Crippen LogP contribution in [0.2, 0.25) is 10.0 Å². The molecule has 0 bridgehead atoms. The van der Waals surface area contributed by atoms with Gasteiger partial charge in [-0.3, -0.25) is 0 Å². The van der Waals surface area contributed by atoms with E-state index < -0.39 is 5.82 Å². The third-order valence-corrected chi connectivity index (χ3v) is 3.50. The molecule has 3 N–H and O–H groups in total. The molecule has 2 rings (SSSR count). The third kappa shape index (κ3) is 3.54. The molecule has 0 atom stereocenters. The lowest BCUT2D eigenvalue weighted by Gasteiger charge is -2.12. The van der Waals surface area contributed by atoms with Gasteiger partial charge in [-0.15, -0.1) is 0 Å². The summed E-state index contributed by atoms with van der Waals surface area (Å²) in [6.07, 6.45) is 1.64. The fraction of sp³-hybridized carbons (Fsp3) is 0.286. The minimum atomic E-state index is -0.644. The number of hydrogen-bond acceptors (Lipinski definition) is 4. The summed E-state index contributed by atoms with van der Waals surface area (Å²) in [6.45, 7) is 3.84. The third-order valence-electron chi connectivity index (χ3n) is 2.95. The molecule has 0 aliphatic rings. The number of anilines is 3. The number of benzene rings is 1. The van der Waals surface area contributed by atoms with Crippen molar-refractivity contribution in [2.75, 3.05) is 11.1 Å². The number of hydrogen-bond donors (Lipinski definition) is 2. The predicted octanol–water partition coefficient (Wildman–Crippen LogP) is 4.51. The quantitative estimate of drug-likeness (QED) is 0.810. The van der Waals surface area contributed by atoms with Gasteiger partial charge in [-0.25, -0.2) is 14.4 Å². The first kappa shape index (κ1) is 15.8. The highest BCUT2D eigenvalue weighted by Gasteiger charge is 2.12. The zero-order valence-corrected chi connectivity index (χ0v) is 13.2. The Morgan fingerprint density at radius 2 is 1.86 bits per heavy atom. The van der Waals surface area contributed by atoms with Crippen LogP contribution in [-0.2, 0) is 6.42 Å². The Balaban J connectivity index is 2.39. The van der Waals surface area contributed by atoms with Gasteiger partial charge in [-0.05, 0) is 25.5 Å². The van der Waals surface area contributed by atoms with E-state index in [0.717, 1.165) is 12.8 Å². The largest absolute Gasteiger partial charge is 0.383 e. The predicted molar refractivity (Wildman–Crippen MR) is 84.9 cm³/mol. The molecule has 1 aromatic heterocycles. The van der Waals surface area contributed by atoms with Gasteiger partial charge in [-0.2, -0.15) is 0 Å². The van der Waals surface area contributed by atoms with Gasteiger partial charge < -0.3 is 11.1 Å². The summed E-state index contributed by atoms with van der Waals surface area (Å²) < 4.78 is 13.4. The number of nitrogens with two attached hydrogens (primary N) is 1. The van der Waals surface area contributed by atoms with Crippen LogP contribution in [0.4, 0.5) is 21.7 Å². The van der Waals surface area contributed by atoms with Gasteiger partial charge in [-0.1, -0.05) is 30.1 Å². The molecule has 112 valence electrons. The van der Waals surface area contributed by atoms with E-state index >= 15 is 0 Å². The summed E-state index contributed by atoms with van der Waals surface area (Å²) >= 11 is 11.6. The number of nitrogens with one attached hydrogen (secondary N) is 1. The Labute approximate surface area is 132 Å². The van der Waals surface area contributed by atoms with Crippen molar-refractivity contribution in [3.63, 3.8) is 0 Å². The van der Waals surface area contributed by atoms with Crippen LogP contribution in [0.25, 0.3) is 0 Å². The zero-order valence-electron chi connectivity index (χ0n) is 11.7. The monoisotopic (exact) mass is 328 g/mol. The molecule has 0 spiro atoms. The van der Waals surface area contributed by atoms with Crippen LogP contribution in [0.1, 0.15) is 24.7 Å². The molecule has 1 aromatic carbocycles. The SMILES string of the molecule is CCCc1nc(N)c(C)c(Nc2cc(Cl)c(F)c(Cl)c2)n1. The van der Waals surface area contributed by atoms with Crippen molar-refractivity contribution in [2.45, 2.75) is 26.7 Å². The lowest BCUT2D eigenvalue weighted by atomic mass is 10.2. The van der Waals surface area contributed by atoms with Gasteiger partial charge in [0.05, 0.1) is 10.0 Å². The Morgan fingerprint density at radius 3 is 2.43 bits per heavy atom. The molecule has 21 heavy (non-hydrogen) atoms. The van der Waals surface area contributed by atoms with E-state index in [9.17, 15) is 4.39 Å². The van der Waals surface area contributed by atoms with E-state index in [1.807, 2.05) is 6.92 Å². The van der Waals surface area contributed by atoms with E-state index in [2.05, 4.69) is 15.3 Å². The summed E-state index contributed by atoms with van der Waals surface area (Å²) in [6, 6.07) is 2.89. The highest BCUT2D eigenvalue weighted by atomic mass is 35.5. The van der Waals surface area contributed by atoms with Crippen molar-refractivity contribution in [3.8, 4) is 0 Å². The highest BCUT2D eigenvalue weighted by molar-refractivity contribution is 6.35. The second-order valence-corrected chi connectivity index (χ2v) is 5.44. The second-order valence-electron chi connectivity index (χ2n) is 4.63. The summed E-state index contributed by atoms with van der Waals surface area (Å²) in [5.41, 5.74) is 7.14. The average Bonchev–Trinajstić information content (AvgIpc) is 2.42. The molecule has 0 saturated carbocycles. The zero-order chi connectivity index (χ0) is 15.6. The molecular formula is C14H15Cl2FN4. The molecule has 0 unspecified atom stereocenters. The molecule has 0 amide bonds. The topological polar surface area (TPSA) is 63.8 Å². The molecule has 1 heterocycles. The fourth-order valence-corrected chi connectivity index (χ4v) is 2.29. The summed E-state index contributed by atoms with van der Waals surface area (Å²) in [4.78, 5) is 8.65. The molecular weight excluding hydrogens is 314 g/mol. The molecule has 0 fully saturated rings. The van der Waals surface area contributed by atoms with Crippen LogP contribution in [0, 0.1) is 12.7 Å². The van der Waals surface area contributed by atoms with Crippen LogP contribution in [0.3, 0.4) is 0 Å². The first-order chi connectivity index (χ1) is 9.92. The lowest BCUT2D eigenvalue weighted by molar-refractivity contribution is 0.629.